The van der Waals surface area contributed by atoms with E-state index in [1.807, 2.05) is 31.2 Å². The Morgan fingerprint density at radius 1 is 1.30 bits per heavy atom. The van der Waals surface area contributed by atoms with Gasteiger partial charge in [-0.05, 0) is 25.1 Å². The maximum absolute atomic E-state index is 8.67. The van der Waals surface area contributed by atoms with E-state index in [9.17, 15) is 0 Å². The zero-order chi connectivity index (χ0) is 14.4. The maximum Gasteiger partial charge on any atom is 0.145 e. The van der Waals surface area contributed by atoms with Gasteiger partial charge in [0.2, 0.25) is 0 Å². The SMILES string of the molecule is CCOc1cccc2ccc(NC=C(C#N)C#N)nc12. The van der Waals surface area contributed by atoms with E-state index in [-0.39, 0.29) is 5.57 Å². The van der Waals surface area contributed by atoms with Gasteiger partial charge in [0.05, 0.1) is 6.61 Å². The molecule has 1 N–H and O–H groups in total. The van der Waals surface area contributed by atoms with Gasteiger partial charge in [-0.2, -0.15) is 10.5 Å². The number of anilines is 1. The first-order valence-electron chi connectivity index (χ1n) is 6.08. The Morgan fingerprint density at radius 3 is 2.80 bits per heavy atom. The van der Waals surface area contributed by atoms with Crippen LogP contribution in [0.15, 0.2) is 42.1 Å². The lowest BCUT2D eigenvalue weighted by Gasteiger charge is -2.08. The molecule has 0 radical (unpaired) electrons. The standard InChI is InChI=1S/C15H12N4O/c1-2-20-13-5-3-4-12-6-7-14(19-15(12)13)18-10-11(8-16)9-17/h3-7,10H,2H2,1H3,(H,18,19). The molecular formula is C15H12N4O. The van der Waals surface area contributed by atoms with Crippen LogP contribution in [-0.2, 0) is 0 Å². The molecule has 1 aromatic heterocycles. The molecule has 0 saturated carbocycles. The zero-order valence-electron chi connectivity index (χ0n) is 10.9. The number of pyridine rings is 1. The Bertz CT molecular complexity index is 722. The largest absolute Gasteiger partial charge is 0.492 e. The van der Waals surface area contributed by atoms with Crippen LogP contribution in [0.3, 0.4) is 0 Å². The van der Waals surface area contributed by atoms with Crippen LogP contribution < -0.4 is 10.1 Å². The number of hydrogen-bond donors (Lipinski definition) is 1. The third-order valence-electron chi connectivity index (χ3n) is 2.59. The number of fused-ring (bicyclic) bond motifs is 1. The van der Waals surface area contributed by atoms with Crippen LogP contribution in [0.5, 0.6) is 5.75 Å². The summed E-state index contributed by atoms with van der Waals surface area (Å²) in [5.74, 6) is 1.26. The number of rotatable bonds is 4. The van der Waals surface area contributed by atoms with Crippen molar-refractivity contribution in [2.75, 3.05) is 11.9 Å². The van der Waals surface area contributed by atoms with Crippen molar-refractivity contribution in [3.63, 3.8) is 0 Å². The van der Waals surface area contributed by atoms with Gasteiger partial charge in [0.1, 0.15) is 34.8 Å². The van der Waals surface area contributed by atoms with E-state index < -0.39 is 0 Å². The molecule has 0 spiro atoms. The molecule has 0 saturated heterocycles. The molecular weight excluding hydrogens is 252 g/mol. The smallest absolute Gasteiger partial charge is 0.145 e. The fourth-order valence-corrected chi connectivity index (χ4v) is 1.71. The minimum atomic E-state index is -0.00927. The van der Waals surface area contributed by atoms with E-state index in [1.165, 1.54) is 6.20 Å². The quantitative estimate of drug-likeness (QED) is 0.858. The van der Waals surface area contributed by atoms with E-state index in [0.717, 1.165) is 10.9 Å². The van der Waals surface area contributed by atoms with Crippen molar-refractivity contribution in [3.8, 4) is 17.9 Å². The first-order valence-corrected chi connectivity index (χ1v) is 6.08. The molecule has 5 nitrogen and oxygen atoms in total. The average Bonchev–Trinajstić information content (AvgIpc) is 2.49. The van der Waals surface area contributed by atoms with Crippen LogP contribution in [-0.4, -0.2) is 11.6 Å². The predicted molar refractivity (Wildman–Crippen MR) is 75.8 cm³/mol. The van der Waals surface area contributed by atoms with E-state index in [4.69, 9.17) is 15.3 Å². The van der Waals surface area contributed by atoms with Crippen LogP contribution in [0.2, 0.25) is 0 Å². The maximum atomic E-state index is 8.67. The summed E-state index contributed by atoms with van der Waals surface area (Å²) in [6, 6.07) is 12.9. The highest BCUT2D eigenvalue weighted by Gasteiger charge is 2.04. The molecule has 0 unspecified atom stereocenters. The van der Waals surface area contributed by atoms with Gasteiger partial charge in [-0.25, -0.2) is 4.98 Å². The highest BCUT2D eigenvalue weighted by molar-refractivity contribution is 5.85. The topological polar surface area (TPSA) is 81.7 Å². The molecule has 0 bridgehead atoms. The summed E-state index contributed by atoms with van der Waals surface area (Å²) in [6.07, 6.45) is 1.33. The Balaban J connectivity index is 2.38. The van der Waals surface area contributed by atoms with Crippen molar-refractivity contribution in [1.29, 1.82) is 10.5 Å². The zero-order valence-corrected chi connectivity index (χ0v) is 10.9. The molecule has 2 aromatic rings. The van der Waals surface area contributed by atoms with Gasteiger partial charge < -0.3 is 10.1 Å². The Labute approximate surface area is 116 Å². The summed E-state index contributed by atoms with van der Waals surface area (Å²) in [5.41, 5.74) is 0.730. The minimum Gasteiger partial charge on any atom is -0.492 e. The third kappa shape index (κ3) is 2.85. The van der Waals surface area contributed by atoms with E-state index in [1.54, 1.807) is 18.2 Å². The first-order chi connectivity index (χ1) is 9.78. The lowest BCUT2D eigenvalue weighted by atomic mass is 10.2. The molecule has 0 fully saturated rings. The number of hydrogen-bond acceptors (Lipinski definition) is 5. The highest BCUT2D eigenvalue weighted by Crippen LogP contribution is 2.25. The second kappa shape index (κ2) is 6.21. The van der Waals surface area contributed by atoms with Crippen LogP contribution in [0.25, 0.3) is 10.9 Å². The van der Waals surface area contributed by atoms with Crippen LogP contribution in [0, 0.1) is 22.7 Å². The van der Waals surface area contributed by atoms with Gasteiger partial charge in [-0.3, -0.25) is 0 Å². The molecule has 2 rings (SSSR count). The van der Waals surface area contributed by atoms with Gasteiger partial charge >= 0.3 is 0 Å². The monoisotopic (exact) mass is 264 g/mol. The van der Waals surface area contributed by atoms with Crippen LogP contribution in [0.4, 0.5) is 5.82 Å². The van der Waals surface area contributed by atoms with Crippen molar-refractivity contribution in [1.82, 2.24) is 4.98 Å². The summed E-state index contributed by atoms with van der Waals surface area (Å²) < 4.78 is 5.53. The van der Waals surface area contributed by atoms with Crippen molar-refractivity contribution in [3.05, 3.63) is 42.1 Å². The molecule has 0 aliphatic heterocycles. The Kier molecular flexibility index (Phi) is 4.16. The average molecular weight is 264 g/mol. The molecule has 20 heavy (non-hydrogen) atoms. The summed E-state index contributed by atoms with van der Waals surface area (Å²) in [4.78, 5) is 4.43. The molecule has 98 valence electrons. The number of ether oxygens (including phenoxy) is 1. The van der Waals surface area contributed by atoms with Crippen molar-refractivity contribution >= 4 is 16.7 Å². The molecule has 0 amide bonds. The fraction of sp³-hybridized carbons (Fsp3) is 0.133. The van der Waals surface area contributed by atoms with Gasteiger partial charge in [-0.1, -0.05) is 12.1 Å². The molecule has 0 aliphatic rings. The van der Waals surface area contributed by atoms with Crippen molar-refractivity contribution in [2.45, 2.75) is 6.92 Å². The second-order valence-electron chi connectivity index (χ2n) is 3.88. The van der Waals surface area contributed by atoms with E-state index >= 15 is 0 Å². The number of nitriles is 2. The van der Waals surface area contributed by atoms with Crippen LogP contribution >= 0.6 is 0 Å². The number of aromatic nitrogens is 1. The Hall–Kier alpha value is -3.05. The molecule has 1 heterocycles. The number of benzene rings is 1. The van der Waals surface area contributed by atoms with Gasteiger partial charge in [0.15, 0.2) is 0 Å². The van der Waals surface area contributed by atoms with E-state index in [2.05, 4.69) is 10.3 Å². The summed E-state index contributed by atoms with van der Waals surface area (Å²) >= 11 is 0. The number of nitrogens with one attached hydrogen (secondary N) is 1. The number of allylic oxidation sites excluding steroid dienone is 1. The first kappa shape index (κ1) is 13.4. The molecule has 0 aliphatic carbocycles. The normalized spacial score (nSPS) is 9.35. The molecule has 0 atom stereocenters. The summed E-state index contributed by atoms with van der Waals surface area (Å²) in [6.45, 7) is 2.47. The predicted octanol–water partition coefficient (Wildman–Crippen LogP) is 2.98. The van der Waals surface area contributed by atoms with Crippen LogP contribution in [0.1, 0.15) is 6.92 Å². The molecule has 5 heteroatoms. The van der Waals surface area contributed by atoms with Gasteiger partial charge in [0, 0.05) is 11.6 Å². The number of nitrogens with zero attached hydrogens (tertiary/aromatic N) is 3. The second-order valence-corrected chi connectivity index (χ2v) is 3.88. The highest BCUT2D eigenvalue weighted by atomic mass is 16.5. The van der Waals surface area contributed by atoms with Crippen molar-refractivity contribution in [2.24, 2.45) is 0 Å². The fourth-order valence-electron chi connectivity index (χ4n) is 1.71. The third-order valence-corrected chi connectivity index (χ3v) is 2.59. The molecule has 1 aromatic carbocycles. The van der Waals surface area contributed by atoms with E-state index in [0.29, 0.717) is 18.2 Å². The summed E-state index contributed by atoms with van der Waals surface area (Å²) in [5, 5.41) is 21.1. The van der Waals surface area contributed by atoms with Crippen molar-refractivity contribution < 1.29 is 4.74 Å². The Morgan fingerprint density at radius 2 is 2.10 bits per heavy atom. The minimum absolute atomic E-state index is 0.00927. The summed E-state index contributed by atoms with van der Waals surface area (Å²) in [7, 11) is 0. The lowest BCUT2D eigenvalue weighted by Crippen LogP contribution is -1.97. The van der Waals surface area contributed by atoms with Gasteiger partial charge in [0.25, 0.3) is 0 Å². The lowest BCUT2D eigenvalue weighted by molar-refractivity contribution is 0.343. The van der Waals surface area contributed by atoms with Gasteiger partial charge in [-0.15, -0.1) is 0 Å². The number of para-hydroxylation sites is 1.